The number of aromatic nitrogens is 5. The number of sulfone groups is 1. The lowest BCUT2D eigenvalue weighted by Crippen LogP contribution is -2.23. The zero-order valence-electron chi connectivity index (χ0n) is 16.2. The Balaban J connectivity index is 1.42. The monoisotopic (exact) mass is 428 g/mol. The summed E-state index contributed by atoms with van der Waals surface area (Å²) in [5.41, 5.74) is 0.785. The van der Waals surface area contributed by atoms with Crippen molar-refractivity contribution in [2.45, 2.75) is 36.5 Å². The average molecular weight is 428 g/mol. The van der Waals surface area contributed by atoms with Gasteiger partial charge in [-0.2, -0.15) is 10.1 Å². The number of hydrogen-bond donors (Lipinski definition) is 1. The van der Waals surface area contributed by atoms with Crippen LogP contribution >= 0.6 is 0 Å². The minimum Gasteiger partial charge on any atom is -0.477 e. The zero-order chi connectivity index (χ0) is 21.1. The van der Waals surface area contributed by atoms with Gasteiger partial charge in [-0.1, -0.05) is 0 Å². The first kappa shape index (κ1) is 20.0. The first-order valence-corrected chi connectivity index (χ1v) is 11.0. The second-order valence-corrected chi connectivity index (χ2v) is 8.96. The number of nitrogens with zero attached hydrogens (tertiary/aromatic N) is 5. The van der Waals surface area contributed by atoms with Crippen molar-refractivity contribution in [2.75, 3.05) is 6.61 Å². The lowest BCUT2D eigenvalue weighted by molar-refractivity contribution is 0.0950. The molecule has 1 N–H and O–H groups in total. The minimum absolute atomic E-state index is 0.0949. The molecule has 3 heterocycles. The second kappa shape index (κ2) is 8.19. The van der Waals surface area contributed by atoms with Crippen LogP contribution in [0.5, 0.6) is 5.88 Å². The van der Waals surface area contributed by atoms with E-state index in [1.807, 2.05) is 6.92 Å². The molecule has 11 heteroatoms. The highest BCUT2D eigenvalue weighted by molar-refractivity contribution is 7.92. The van der Waals surface area contributed by atoms with Crippen LogP contribution in [0.3, 0.4) is 0 Å². The van der Waals surface area contributed by atoms with E-state index in [1.165, 1.54) is 47.8 Å². The summed E-state index contributed by atoms with van der Waals surface area (Å²) in [7, 11) is -3.30. The summed E-state index contributed by atoms with van der Waals surface area (Å²) >= 11 is 0. The van der Waals surface area contributed by atoms with Crippen molar-refractivity contribution in [3.63, 3.8) is 0 Å². The number of carbonyl (C=O) groups excluding carboxylic acids is 1. The van der Waals surface area contributed by atoms with Gasteiger partial charge in [0.05, 0.1) is 53.1 Å². The summed E-state index contributed by atoms with van der Waals surface area (Å²) in [5.74, 6) is 0.413. The van der Waals surface area contributed by atoms with E-state index in [1.54, 1.807) is 0 Å². The second-order valence-electron chi connectivity index (χ2n) is 6.73. The predicted molar refractivity (Wildman–Crippen MR) is 106 cm³/mol. The molecule has 4 rings (SSSR count). The molecule has 1 saturated carbocycles. The smallest absolute Gasteiger partial charge is 0.254 e. The van der Waals surface area contributed by atoms with E-state index in [0.29, 0.717) is 42.4 Å². The Morgan fingerprint density at radius 3 is 2.90 bits per heavy atom. The molecule has 30 heavy (non-hydrogen) atoms. The fourth-order valence-corrected chi connectivity index (χ4v) is 4.50. The van der Waals surface area contributed by atoms with Crippen LogP contribution in [0.2, 0.25) is 0 Å². The molecule has 0 radical (unpaired) electrons. The Morgan fingerprint density at radius 1 is 1.30 bits per heavy atom. The fourth-order valence-electron chi connectivity index (χ4n) is 2.80. The molecule has 0 saturated heterocycles. The lowest BCUT2D eigenvalue weighted by Gasteiger charge is -2.06. The maximum atomic E-state index is 12.5. The van der Waals surface area contributed by atoms with Crippen LogP contribution in [0, 0.1) is 0 Å². The van der Waals surface area contributed by atoms with E-state index in [4.69, 9.17) is 4.74 Å². The SMILES string of the molecule is CCOc1cncc(-n2cc(C(=O)NCc3cc(S(=O)(=O)C4CC4)ccn3)cn2)n1. The van der Waals surface area contributed by atoms with Gasteiger partial charge >= 0.3 is 0 Å². The van der Waals surface area contributed by atoms with Crippen LogP contribution in [0.25, 0.3) is 5.82 Å². The van der Waals surface area contributed by atoms with Gasteiger partial charge in [-0.3, -0.25) is 14.8 Å². The highest BCUT2D eigenvalue weighted by Gasteiger charge is 2.36. The number of hydrogen-bond acceptors (Lipinski definition) is 8. The summed E-state index contributed by atoms with van der Waals surface area (Å²) < 4.78 is 31.5. The van der Waals surface area contributed by atoms with Crippen LogP contribution < -0.4 is 10.1 Å². The molecule has 1 aliphatic carbocycles. The van der Waals surface area contributed by atoms with E-state index >= 15 is 0 Å². The van der Waals surface area contributed by atoms with Crippen LogP contribution in [0.1, 0.15) is 35.8 Å². The van der Waals surface area contributed by atoms with Gasteiger partial charge in [0.1, 0.15) is 0 Å². The van der Waals surface area contributed by atoms with Crippen LogP contribution in [0.4, 0.5) is 0 Å². The molecule has 3 aromatic rings. The number of nitrogens with one attached hydrogen (secondary N) is 1. The maximum Gasteiger partial charge on any atom is 0.254 e. The van der Waals surface area contributed by atoms with E-state index in [-0.39, 0.29) is 22.6 Å². The molecule has 10 nitrogen and oxygen atoms in total. The van der Waals surface area contributed by atoms with E-state index in [9.17, 15) is 13.2 Å². The highest BCUT2D eigenvalue weighted by Crippen LogP contribution is 2.33. The van der Waals surface area contributed by atoms with Gasteiger partial charge in [0.15, 0.2) is 15.7 Å². The van der Waals surface area contributed by atoms with Crippen molar-refractivity contribution in [3.8, 4) is 11.7 Å². The quantitative estimate of drug-likeness (QED) is 0.569. The minimum atomic E-state index is -3.30. The lowest BCUT2D eigenvalue weighted by atomic mass is 10.3. The van der Waals surface area contributed by atoms with Crippen LogP contribution in [0.15, 0.2) is 48.0 Å². The molecular weight excluding hydrogens is 408 g/mol. The topological polar surface area (TPSA) is 129 Å². The fraction of sp³-hybridized carbons (Fsp3) is 0.316. The molecule has 1 amide bonds. The van der Waals surface area contributed by atoms with E-state index in [0.717, 1.165) is 0 Å². The molecule has 0 bridgehead atoms. The summed E-state index contributed by atoms with van der Waals surface area (Å²) in [4.78, 5) is 25.2. The molecule has 1 fully saturated rings. The largest absolute Gasteiger partial charge is 0.477 e. The Kier molecular flexibility index (Phi) is 5.44. The van der Waals surface area contributed by atoms with Gasteiger partial charge in [0, 0.05) is 12.4 Å². The predicted octanol–water partition coefficient (Wildman–Crippen LogP) is 1.32. The van der Waals surface area contributed by atoms with Gasteiger partial charge in [-0.05, 0) is 31.9 Å². The van der Waals surface area contributed by atoms with Crippen LogP contribution in [-0.4, -0.2) is 50.9 Å². The Morgan fingerprint density at radius 2 is 2.13 bits per heavy atom. The van der Waals surface area contributed by atoms with E-state index < -0.39 is 9.84 Å². The number of pyridine rings is 1. The number of ether oxygens (including phenoxy) is 1. The molecule has 0 aliphatic heterocycles. The molecule has 0 unspecified atom stereocenters. The molecule has 156 valence electrons. The summed E-state index contributed by atoms with van der Waals surface area (Å²) in [6, 6.07) is 2.99. The van der Waals surface area contributed by atoms with Crippen LogP contribution in [-0.2, 0) is 16.4 Å². The number of amides is 1. The molecule has 0 spiro atoms. The van der Waals surface area contributed by atoms with Crippen molar-refractivity contribution in [3.05, 3.63) is 54.4 Å². The standard InChI is InChI=1S/C19H20N6O4S/c1-2-29-18-11-20-10-17(24-18)25-12-13(8-23-25)19(26)22-9-14-7-16(5-6-21-14)30(27,28)15-3-4-15/h5-8,10-12,15H,2-4,9H2,1H3,(H,22,26). The Bertz CT molecular complexity index is 1170. The van der Waals surface area contributed by atoms with Gasteiger partial charge < -0.3 is 10.1 Å². The zero-order valence-corrected chi connectivity index (χ0v) is 17.0. The first-order valence-electron chi connectivity index (χ1n) is 9.44. The Hall–Kier alpha value is -3.34. The molecular formula is C19H20N6O4S. The van der Waals surface area contributed by atoms with Gasteiger partial charge in [-0.25, -0.2) is 13.1 Å². The molecule has 0 atom stereocenters. The van der Waals surface area contributed by atoms with Crippen molar-refractivity contribution in [1.82, 2.24) is 30.0 Å². The summed E-state index contributed by atoms with van der Waals surface area (Å²) in [6.07, 6.45) is 8.76. The number of rotatable bonds is 8. The normalized spacial score (nSPS) is 13.8. The molecule has 0 aromatic carbocycles. The number of carbonyl (C=O) groups is 1. The van der Waals surface area contributed by atoms with Crippen molar-refractivity contribution in [2.24, 2.45) is 0 Å². The van der Waals surface area contributed by atoms with Gasteiger partial charge in [-0.15, -0.1) is 0 Å². The van der Waals surface area contributed by atoms with E-state index in [2.05, 4.69) is 25.4 Å². The summed E-state index contributed by atoms with van der Waals surface area (Å²) in [5, 5.41) is 6.57. The van der Waals surface area contributed by atoms with Gasteiger partial charge in [0.25, 0.3) is 5.91 Å². The third-order valence-electron chi connectivity index (χ3n) is 4.48. The first-order chi connectivity index (χ1) is 14.5. The molecule has 3 aromatic heterocycles. The maximum absolute atomic E-state index is 12.5. The van der Waals surface area contributed by atoms with Crippen molar-refractivity contribution in [1.29, 1.82) is 0 Å². The molecule has 1 aliphatic rings. The Labute approximate surface area is 173 Å². The summed E-state index contributed by atoms with van der Waals surface area (Å²) in [6.45, 7) is 2.40. The van der Waals surface area contributed by atoms with Crippen molar-refractivity contribution < 1.29 is 17.9 Å². The van der Waals surface area contributed by atoms with Gasteiger partial charge in [0.2, 0.25) is 5.88 Å². The third-order valence-corrected chi connectivity index (χ3v) is 6.74. The average Bonchev–Trinajstić information content (AvgIpc) is 3.50. The van der Waals surface area contributed by atoms with Crippen molar-refractivity contribution >= 4 is 15.7 Å². The third kappa shape index (κ3) is 4.30. The highest BCUT2D eigenvalue weighted by atomic mass is 32.2.